The summed E-state index contributed by atoms with van der Waals surface area (Å²) in [4.78, 5) is 14.2. The average molecular weight is 319 g/mol. The molecule has 0 bridgehead atoms. The monoisotopic (exact) mass is 319 g/mol. The molecule has 0 saturated carbocycles. The summed E-state index contributed by atoms with van der Waals surface area (Å²) in [6.45, 7) is 12.1. The molecule has 0 aliphatic carbocycles. The Balaban J connectivity index is 3.54. The molecule has 0 amide bonds. The van der Waals surface area contributed by atoms with Crippen molar-refractivity contribution in [2.75, 3.05) is 0 Å². The number of hydrogen-bond donors (Lipinski definition) is 2. The van der Waals surface area contributed by atoms with E-state index in [1.165, 1.54) is 0 Å². The van der Waals surface area contributed by atoms with Crippen LogP contribution in [0.1, 0.15) is 52.7 Å². The lowest BCUT2D eigenvalue weighted by Crippen LogP contribution is -2.16. The van der Waals surface area contributed by atoms with Crippen molar-refractivity contribution >= 4 is 11.9 Å². The zero-order valence-electron chi connectivity index (χ0n) is 14.5. The maximum atomic E-state index is 10.8. The van der Waals surface area contributed by atoms with E-state index in [2.05, 4.69) is 25.8 Å². The van der Waals surface area contributed by atoms with Crippen LogP contribution in [0.4, 0.5) is 5.69 Å². The minimum Gasteiger partial charge on any atom is -0.505 e. The van der Waals surface area contributed by atoms with Gasteiger partial charge in [-0.15, -0.1) is 0 Å². The van der Waals surface area contributed by atoms with E-state index in [0.29, 0.717) is 5.69 Å². The molecule has 126 valence electrons. The summed E-state index contributed by atoms with van der Waals surface area (Å²) in [5.74, 6) is 0.0291. The summed E-state index contributed by atoms with van der Waals surface area (Å²) >= 11 is 0. The molecule has 1 rings (SSSR count). The number of nitrogens with zero attached hydrogens (tertiary/aromatic N) is 2. The largest absolute Gasteiger partial charge is 0.505 e. The van der Waals surface area contributed by atoms with Crippen LogP contribution >= 0.6 is 0 Å². The molecule has 1 aromatic rings. The van der Waals surface area contributed by atoms with Gasteiger partial charge >= 0.3 is 5.70 Å². The normalized spacial score (nSPS) is 13.6. The molecule has 0 spiro atoms. The van der Waals surface area contributed by atoms with Gasteiger partial charge in [-0.25, -0.2) is 4.99 Å². The molecule has 3 N–H and O–H groups in total. The molecule has 0 fully saturated rings. The number of phenols is 1. The molecule has 0 atom stereocenters. The van der Waals surface area contributed by atoms with Gasteiger partial charge in [-0.1, -0.05) is 47.6 Å². The number of nitro groups is 1. The van der Waals surface area contributed by atoms with Crippen molar-refractivity contribution in [3.05, 3.63) is 45.3 Å². The van der Waals surface area contributed by atoms with Gasteiger partial charge < -0.3 is 10.8 Å². The highest BCUT2D eigenvalue weighted by Crippen LogP contribution is 2.41. The van der Waals surface area contributed by atoms with Crippen LogP contribution in [0.15, 0.2) is 29.0 Å². The molecular weight excluding hydrogens is 294 g/mol. The molecule has 0 aliphatic rings. The number of phenolic OH excluding ortho intramolecular Hbond substituents is 1. The van der Waals surface area contributed by atoms with Crippen LogP contribution < -0.4 is 5.73 Å². The number of benzene rings is 1. The highest BCUT2D eigenvalue weighted by molar-refractivity contribution is 5.79. The molecule has 23 heavy (non-hydrogen) atoms. The number of aromatic hydroxyl groups is 1. The van der Waals surface area contributed by atoms with Gasteiger partial charge in [0.2, 0.25) is 0 Å². The van der Waals surface area contributed by atoms with E-state index in [1.807, 2.05) is 26.8 Å². The number of nitrogens with two attached hydrogens (primary N) is 1. The Labute approximate surface area is 136 Å². The molecule has 1 aromatic carbocycles. The highest BCUT2D eigenvalue weighted by Gasteiger charge is 2.25. The van der Waals surface area contributed by atoms with Crippen molar-refractivity contribution in [3.8, 4) is 5.75 Å². The van der Waals surface area contributed by atoms with E-state index in [9.17, 15) is 15.2 Å². The molecule has 6 nitrogen and oxygen atoms in total. The Bertz CT molecular complexity index is 663. The van der Waals surface area contributed by atoms with E-state index in [4.69, 9.17) is 5.73 Å². The van der Waals surface area contributed by atoms with Gasteiger partial charge in [0.05, 0.1) is 11.1 Å². The van der Waals surface area contributed by atoms with Crippen LogP contribution in [-0.4, -0.2) is 16.2 Å². The molecule has 0 unspecified atom stereocenters. The van der Waals surface area contributed by atoms with Crippen LogP contribution in [-0.2, 0) is 10.8 Å². The average Bonchev–Trinajstić information content (AvgIpc) is 2.37. The summed E-state index contributed by atoms with van der Waals surface area (Å²) in [6, 6.07) is 3.71. The molecule has 0 radical (unpaired) electrons. The van der Waals surface area contributed by atoms with E-state index in [1.54, 1.807) is 6.07 Å². The zero-order valence-corrected chi connectivity index (χ0v) is 14.5. The van der Waals surface area contributed by atoms with Crippen LogP contribution in [0.3, 0.4) is 0 Å². The van der Waals surface area contributed by atoms with Gasteiger partial charge in [0.1, 0.15) is 17.7 Å². The van der Waals surface area contributed by atoms with E-state index in [-0.39, 0.29) is 22.3 Å². The van der Waals surface area contributed by atoms with Crippen LogP contribution in [0.2, 0.25) is 0 Å². The van der Waals surface area contributed by atoms with Crippen molar-refractivity contribution in [2.45, 2.75) is 52.4 Å². The Morgan fingerprint density at radius 3 is 2.17 bits per heavy atom. The van der Waals surface area contributed by atoms with E-state index >= 15 is 0 Å². The molecular formula is C17H25N3O3. The summed E-state index contributed by atoms with van der Waals surface area (Å²) in [7, 11) is 0. The van der Waals surface area contributed by atoms with Crippen LogP contribution in [0.25, 0.3) is 0 Å². The third kappa shape index (κ3) is 4.55. The lowest BCUT2D eigenvalue weighted by atomic mass is 9.80. The Hall–Kier alpha value is -2.37. The predicted octanol–water partition coefficient (Wildman–Crippen LogP) is 3.77. The smallest absolute Gasteiger partial charge is 0.302 e. The summed E-state index contributed by atoms with van der Waals surface area (Å²) in [6.07, 6.45) is 1.92. The predicted molar refractivity (Wildman–Crippen MR) is 92.9 cm³/mol. The topological polar surface area (TPSA) is 102 Å². The fourth-order valence-corrected chi connectivity index (χ4v) is 2.01. The van der Waals surface area contributed by atoms with Gasteiger partial charge in [0.25, 0.3) is 0 Å². The van der Waals surface area contributed by atoms with Crippen molar-refractivity contribution in [1.29, 1.82) is 0 Å². The maximum Gasteiger partial charge on any atom is 0.302 e. The zero-order chi connectivity index (χ0) is 18.0. The Morgan fingerprint density at radius 1 is 1.22 bits per heavy atom. The van der Waals surface area contributed by atoms with Gasteiger partial charge in [-0.3, -0.25) is 10.1 Å². The quantitative estimate of drug-likeness (QED) is 0.503. The number of rotatable bonds is 3. The molecule has 0 aromatic heterocycles. The number of aliphatic imine (C=N–C) groups is 1. The highest BCUT2D eigenvalue weighted by atomic mass is 16.6. The van der Waals surface area contributed by atoms with Crippen molar-refractivity contribution in [1.82, 2.24) is 0 Å². The van der Waals surface area contributed by atoms with Gasteiger partial charge in [0, 0.05) is 5.56 Å². The number of allylic oxidation sites excluding steroid dienone is 1. The first-order chi connectivity index (χ1) is 10.4. The third-order valence-corrected chi connectivity index (χ3v) is 3.48. The summed E-state index contributed by atoms with van der Waals surface area (Å²) in [5.41, 5.74) is 6.49. The first kappa shape index (κ1) is 18.7. The molecule has 0 heterocycles. The first-order valence-electron chi connectivity index (χ1n) is 7.36. The SMILES string of the molecule is CC(C)(C)c1cc(N=C/C(=C\N)[N+](=O)[O-])c(O)c(C(C)(C)C)c1. The fourth-order valence-electron chi connectivity index (χ4n) is 2.01. The van der Waals surface area contributed by atoms with Crippen LogP contribution in [0.5, 0.6) is 5.75 Å². The molecule has 6 heteroatoms. The Morgan fingerprint density at radius 2 is 1.78 bits per heavy atom. The van der Waals surface area contributed by atoms with Crippen molar-refractivity contribution in [3.63, 3.8) is 0 Å². The number of hydrogen-bond acceptors (Lipinski definition) is 5. The van der Waals surface area contributed by atoms with Crippen molar-refractivity contribution < 1.29 is 10.0 Å². The minimum atomic E-state index is -0.626. The maximum absolute atomic E-state index is 10.8. The lowest BCUT2D eigenvalue weighted by molar-refractivity contribution is -0.414. The second-order valence-corrected chi connectivity index (χ2v) is 7.50. The summed E-state index contributed by atoms with van der Waals surface area (Å²) < 4.78 is 0. The minimum absolute atomic E-state index is 0.0291. The molecule has 0 aliphatic heterocycles. The van der Waals surface area contributed by atoms with Gasteiger partial charge in [0.15, 0.2) is 0 Å². The Kier molecular flexibility index (Phi) is 5.20. The lowest BCUT2D eigenvalue weighted by Gasteiger charge is -2.26. The fraction of sp³-hybridized carbons (Fsp3) is 0.471. The first-order valence-corrected chi connectivity index (χ1v) is 7.36. The van der Waals surface area contributed by atoms with Crippen molar-refractivity contribution in [2.24, 2.45) is 10.7 Å². The van der Waals surface area contributed by atoms with E-state index < -0.39 is 4.92 Å². The van der Waals surface area contributed by atoms with Gasteiger partial charge in [-0.05, 0) is 22.5 Å². The third-order valence-electron chi connectivity index (χ3n) is 3.48. The van der Waals surface area contributed by atoms with E-state index in [0.717, 1.165) is 23.5 Å². The van der Waals surface area contributed by atoms with Crippen LogP contribution in [0, 0.1) is 10.1 Å². The second kappa shape index (κ2) is 6.40. The van der Waals surface area contributed by atoms with Gasteiger partial charge in [-0.2, -0.15) is 0 Å². The summed E-state index contributed by atoms with van der Waals surface area (Å²) in [5, 5.41) is 21.3. The standard InChI is InChI=1S/C17H25N3O3/c1-16(2,3)11-7-13(17(4,5)6)15(21)14(8-11)19-10-12(9-18)20(22)23/h7-10,21H,18H2,1-6H3/b12-9+,19-10?. The molecule has 0 saturated heterocycles. The second-order valence-electron chi connectivity index (χ2n) is 7.50.